The van der Waals surface area contributed by atoms with Crippen LogP contribution in [0.4, 0.5) is 11.4 Å². The van der Waals surface area contributed by atoms with E-state index in [2.05, 4.69) is 10.5 Å². The number of ether oxygens (including phenoxy) is 1. The third kappa shape index (κ3) is 4.69. The van der Waals surface area contributed by atoms with Crippen LogP contribution in [0.2, 0.25) is 0 Å². The molecule has 1 aromatic carbocycles. The molecule has 0 atom stereocenters. The highest BCUT2D eigenvalue weighted by Gasteiger charge is 2.14. The van der Waals surface area contributed by atoms with Crippen LogP contribution >= 0.6 is 0 Å². The van der Waals surface area contributed by atoms with Crippen molar-refractivity contribution in [1.29, 1.82) is 0 Å². The van der Waals surface area contributed by atoms with Crippen LogP contribution in [0.25, 0.3) is 6.08 Å². The molecule has 0 aromatic heterocycles. The summed E-state index contributed by atoms with van der Waals surface area (Å²) in [6.45, 7) is 2.10. The van der Waals surface area contributed by atoms with Crippen LogP contribution in [0.5, 0.6) is 0 Å². The van der Waals surface area contributed by atoms with Crippen LogP contribution in [0.3, 0.4) is 0 Å². The van der Waals surface area contributed by atoms with Gasteiger partial charge in [-0.3, -0.25) is 0 Å². The van der Waals surface area contributed by atoms with E-state index in [4.69, 9.17) is 4.74 Å². The molecule has 0 spiro atoms. The molecule has 1 aliphatic carbocycles. The van der Waals surface area contributed by atoms with Gasteiger partial charge in [0.25, 0.3) is 0 Å². The van der Waals surface area contributed by atoms with E-state index >= 15 is 0 Å². The monoisotopic (exact) mass is 302 g/mol. The van der Waals surface area contributed by atoms with Crippen LogP contribution in [0, 0.1) is 4.91 Å². The number of carbonyl (C=O) groups excluding carboxylic acids is 1. The summed E-state index contributed by atoms with van der Waals surface area (Å²) >= 11 is 0. The van der Waals surface area contributed by atoms with Gasteiger partial charge < -0.3 is 10.1 Å². The van der Waals surface area contributed by atoms with Crippen LogP contribution in [0.15, 0.2) is 29.5 Å². The highest BCUT2D eigenvalue weighted by atomic mass is 16.5. The smallest absolute Gasteiger partial charge is 0.330 e. The number of benzene rings is 1. The van der Waals surface area contributed by atoms with Gasteiger partial charge in [0.05, 0.1) is 6.61 Å². The SMILES string of the molecule is CCOC(=O)/C=C/c1cc(N=O)ccc1NC1CCCCC1. The molecule has 22 heavy (non-hydrogen) atoms. The maximum Gasteiger partial charge on any atom is 0.330 e. The fourth-order valence-corrected chi connectivity index (χ4v) is 2.69. The fourth-order valence-electron chi connectivity index (χ4n) is 2.69. The molecule has 0 bridgehead atoms. The summed E-state index contributed by atoms with van der Waals surface area (Å²) in [5.74, 6) is -0.393. The first-order chi connectivity index (χ1) is 10.7. The average Bonchev–Trinajstić information content (AvgIpc) is 2.55. The van der Waals surface area contributed by atoms with E-state index < -0.39 is 5.97 Å². The Bertz CT molecular complexity index is 549. The molecule has 1 aromatic rings. The van der Waals surface area contributed by atoms with Crippen molar-refractivity contribution in [2.24, 2.45) is 5.18 Å². The maximum atomic E-state index is 11.5. The molecule has 0 saturated heterocycles. The molecule has 2 rings (SSSR count). The zero-order valence-corrected chi connectivity index (χ0v) is 12.9. The molecule has 118 valence electrons. The Hall–Kier alpha value is -2.17. The van der Waals surface area contributed by atoms with E-state index in [0.29, 0.717) is 18.3 Å². The minimum atomic E-state index is -0.393. The van der Waals surface area contributed by atoms with Gasteiger partial charge in [0.1, 0.15) is 5.69 Å². The summed E-state index contributed by atoms with van der Waals surface area (Å²) in [6, 6.07) is 5.64. The second-order valence-electron chi connectivity index (χ2n) is 5.43. The lowest BCUT2D eigenvalue weighted by atomic mass is 9.95. The Kier molecular flexibility index (Phi) is 6.13. The third-order valence-electron chi connectivity index (χ3n) is 3.79. The number of nitrogens with one attached hydrogen (secondary N) is 1. The Morgan fingerprint density at radius 2 is 2.14 bits per heavy atom. The molecule has 5 nitrogen and oxygen atoms in total. The lowest BCUT2D eigenvalue weighted by Gasteiger charge is -2.24. The molecule has 0 unspecified atom stereocenters. The van der Waals surface area contributed by atoms with Crippen LogP contribution in [0.1, 0.15) is 44.6 Å². The number of hydrogen-bond donors (Lipinski definition) is 1. The molecule has 0 heterocycles. The largest absolute Gasteiger partial charge is 0.463 e. The van der Waals surface area contributed by atoms with Gasteiger partial charge in [-0.05, 0) is 49.2 Å². The van der Waals surface area contributed by atoms with Gasteiger partial charge in [0, 0.05) is 23.4 Å². The van der Waals surface area contributed by atoms with Crippen LogP contribution < -0.4 is 5.32 Å². The molecule has 0 amide bonds. The summed E-state index contributed by atoms with van der Waals surface area (Å²) in [5.41, 5.74) is 2.04. The Morgan fingerprint density at radius 3 is 2.82 bits per heavy atom. The number of rotatable bonds is 6. The number of esters is 1. The van der Waals surface area contributed by atoms with E-state index in [0.717, 1.165) is 24.1 Å². The third-order valence-corrected chi connectivity index (χ3v) is 3.79. The number of hydrogen-bond acceptors (Lipinski definition) is 5. The summed E-state index contributed by atoms with van der Waals surface area (Å²) in [7, 11) is 0. The highest BCUT2D eigenvalue weighted by Crippen LogP contribution is 2.27. The molecular weight excluding hydrogens is 280 g/mol. The normalized spacial score (nSPS) is 15.7. The number of nitrogens with zero attached hydrogens (tertiary/aromatic N) is 1. The first kappa shape index (κ1) is 16.2. The van der Waals surface area contributed by atoms with E-state index in [9.17, 15) is 9.70 Å². The standard InChI is InChI=1S/C17H22N2O3/c1-2-22-17(20)11-8-13-12-15(19-21)9-10-16(13)18-14-6-4-3-5-7-14/h8-12,14,18H,2-7H2,1H3/b11-8+. The highest BCUT2D eigenvalue weighted by molar-refractivity contribution is 5.88. The Morgan fingerprint density at radius 1 is 1.36 bits per heavy atom. The predicted molar refractivity (Wildman–Crippen MR) is 88.1 cm³/mol. The zero-order valence-electron chi connectivity index (χ0n) is 12.9. The van der Waals surface area contributed by atoms with Crippen LogP contribution in [-0.2, 0) is 9.53 Å². The minimum Gasteiger partial charge on any atom is -0.463 e. The molecule has 1 N–H and O–H groups in total. The number of carbonyl (C=O) groups is 1. The predicted octanol–water partition coefficient (Wildman–Crippen LogP) is 4.41. The van der Waals surface area contributed by atoms with Crippen LogP contribution in [-0.4, -0.2) is 18.6 Å². The van der Waals surface area contributed by atoms with Crippen molar-refractivity contribution in [3.05, 3.63) is 34.7 Å². The lowest BCUT2D eigenvalue weighted by molar-refractivity contribution is -0.137. The minimum absolute atomic E-state index is 0.340. The molecule has 1 fully saturated rings. The van der Waals surface area contributed by atoms with Crippen molar-refractivity contribution in [2.75, 3.05) is 11.9 Å². The van der Waals surface area contributed by atoms with Crippen molar-refractivity contribution in [2.45, 2.75) is 45.1 Å². The van der Waals surface area contributed by atoms with Gasteiger partial charge in [-0.2, -0.15) is 0 Å². The summed E-state index contributed by atoms with van der Waals surface area (Å²) in [5, 5.41) is 6.46. The fraction of sp³-hybridized carbons (Fsp3) is 0.471. The summed E-state index contributed by atoms with van der Waals surface area (Å²) < 4.78 is 4.88. The molecule has 1 aliphatic rings. The topological polar surface area (TPSA) is 67.8 Å². The molecule has 1 saturated carbocycles. The first-order valence-electron chi connectivity index (χ1n) is 7.81. The summed E-state index contributed by atoms with van der Waals surface area (Å²) in [4.78, 5) is 22.2. The molecular formula is C17H22N2O3. The molecule has 0 aliphatic heterocycles. The van der Waals surface area contributed by atoms with Crippen molar-refractivity contribution >= 4 is 23.4 Å². The van der Waals surface area contributed by atoms with E-state index in [1.54, 1.807) is 25.1 Å². The van der Waals surface area contributed by atoms with Gasteiger partial charge in [-0.1, -0.05) is 19.3 Å². The average molecular weight is 302 g/mol. The van der Waals surface area contributed by atoms with Gasteiger partial charge in [0.2, 0.25) is 0 Å². The van der Waals surface area contributed by atoms with E-state index in [-0.39, 0.29) is 0 Å². The van der Waals surface area contributed by atoms with Crippen molar-refractivity contribution in [1.82, 2.24) is 0 Å². The van der Waals surface area contributed by atoms with Gasteiger partial charge in [0.15, 0.2) is 0 Å². The van der Waals surface area contributed by atoms with Crippen molar-refractivity contribution in [3.63, 3.8) is 0 Å². The van der Waals surface area contributed by atoms with Gasteiger partial charge in [-0.15, -0.1) is 4.91 Å². The van der Waals surface area contributed by atoms with E-state index in [1.807, 2.05) is 6.07 Å². The zero-order chi connectivity index (χ0) is 15.8. The summed E-state index contributed by atoms with van der Waals surface area (Å²) in [6.07, 6.45) is 9.10. The van der Waals surface area contributed by atoms with E-state index in [1.165, 1.54) is 25.3 Å². The second kappa shape index (κ2) is 8.32. The quantitative estimate of drug-likeness (QED) is 0.480. The number of anilines is 1. The first-order valence-corrected chi connectivity index (χ1v) is 7.81. The molecule has 5 heteroatoms. The van der Waals surface area contributed by atoms with Crippen molar-refractivity contribution in [3.8, 4) is 0 Å². The van der Waals surface area contributed by atoms with Crippen molar-refractivity contribution < 1.29 is 9.53 Å². The lowest BCUT2D eigenvalue weighted by Crippen LogP contribution is -2.22. The molecule has 0 radical (unpaired) electrons. The Labute approximate surface area is 130 Å². The Balaban J connectivity index is 2.16. The second-order valence-corrected chi connectivity index (χ2v) is 5.43. The van der Waals surface area contributed by atoms with Gasteiger partial charge >= 0.3 is 5.97 Å². The van der Waals surface area contributed by atoms with Gasteiger partial charge in [-0.25, -0.2) is 4.79 Å². The number of nitroso groups, excluding NO2 is 1. The maximum absolute atomic E-state index is 11.5.